The summed E-state index contributed by atoms with van der Waals surface area (Å²) in [7, 11) is 0. The third-order valence-electron chi connectivity index (χ3n) is 1.81. The molecule has 3 nitrogen and oxygen atoms in total. The highest BCUT2D eigenvalue weighted by Gasteiger charge is 2.24. The summed E-state index contributed by atoms with van der Waals surface area (Å²) in [5.74, 6) is -0.120. The number of rotatable bonds is 2. The second-order valence-electron chi connectivity index (χ2n) is 2.62. The molecule has 0 aromatic rings. The number of carbonyl (C=O) groups is 2. The molecule has 1 atom stereocenters. The molecule has 0 saturated heterocycles. The first-order valence-electron chi connectivity index (χ1n) is 3.69. The number of nitrogens with one attached hydrogen (secondary N) is 1. The predicted octanol–water partition coefficient (Wildman–Crippen LogP) is 0.410. The number of hydrogen-bond acceptors (Lipinski definition) is 2. The van der Waals surface area contributed by atoms with E-state index in [1.165, 1.54) is 6.08 Å². The molecule has 1 N–H and O–H groups in total. The molecular formula is C8H11NO2. The van der Waals surface area contributed by atoms with Crippen molar-refractivity contribution in [2.24, 2.45) is 0 Å². The van der Waals surface area contributed by atoms with Crippen molar-refractivity contribution in [3.63, 3.8) is 0 Å². The summed E-state index contributed by atoms with van der Waals surface area (Å²) in [4.78, 5) is 21.7. The Morgan fingerprint density at radius 3 is 2.91 bits per heavy atom. The van der Waals surface area contributed by atoms with Gasteiger partial charge in [0.15, 0.2) is 5.78 Å². The van der Waals surface area contributed by atoms with E-state index in [4.69, 9.17) is 0 Å². The summed E-state index contributed by atoms with van der Waals surface area (Å²) in [5.41, 5.74) is 0. The molecule has 0 aromatic carbocycles. The highest BCUT2D eigenvalue weighted by Crippen LogP contribution is 2.13. The maximum absolute atomic E-state index is 11.0. The third-order valence-corrected chi connectivity index (χ3v) is 1.81. The molecule has 0 spiro atoms. The molecule has 0 radical (unpaired) electrons. The lowest BCUT2D eigenvalue weighted by molar-refractivity contribution is -0.124. The lowest BCUT2D eigenvalue weighted by Gasteiger charge is -2.07. The lowest BCUT2D eigenvalue weighted by Crippen LogP contribution is -2.36. The second-order valence-corrected chi connectivity index (χ2v) is 2.62. The number of hydrogen-bond donors (Lipinski definition) is 1. The Hall–Kier alpha value is -1.12. The summed E-state index contributed by atoms with van der Waals surface area (Å²) < 4.78 is 0. The van der Waals surface area contributed by atoms with E-state index in [0.717, 1.165) is 12.8 Å². The van der Waals surface area contributed by atoms with Crippen LogP contribution in [0.3, 0.4) is 0 Å². The van der Waals surface area contributed by atoms with Crippen LogP contribution in [0, 0.1) is 0 Å². The predicted molar refractivity (Wildman–Crippen MR) is 41.0 cm³/mol. The Balaban J connectivity index is 2.42. The lowest BCUT2D eigenvalue weighted by atomic mass is 10.2. The summed E-state index contributed by atoms with van der Waals surface area (Å²) >= 11 is 0. The molecule has 11 heavy (non-hydrogen) atoms. The SMILES string of the molecule is C=CC(=O)NC1CCCC1=O. The van der Waals surface area contributed by atoms with Crippen LogP contribution < -0.4 is 5.32 Å². The van der Waals surface area contributed by atoms with E-state index in [-0.39, 0.29) is 17.7 Å². The Kier molecular flexibility index (Phi) is 2.41. The molecular weight excluding hydrogens is 142 g/mol. The number of carbonyl (C=O) groups excluding carboxylic acids is 2. The minimum atomic E-state index is -0.259. The van der Waals surface area contributed by atoms with Crippen LogP contribution in [0.2, 0.25) is 0 Å². The van der Waals surface area contributed by atoms with Gasteiger partial charge in [0.25, 0.3) is 0 Å². The fourth-order valence-corrected chi connectivity index (χ4v) is 1.20. The molecule has 1 amide bonds. The van der Waals surface area contributed by atoms with Gasteiger partial charge < -0.3 is 5.32 Å². The molecule has 60 valence electrons. The first-order chi connectivity index (χ1) is 5.24. The zero-order valence-corrected chi connectivity index (χ0v) is 6.30. The van der Waals surface area contributed by atoms with Gasteiger partial charge in [-0.3, -0.25) is 9.59 Å². The smallest absolute Gasteiger partial charge is 0.243 e. The highest BCUT2D eigenvalue weighted by molar-refractivity contribution is 5.94. The van der Waals surface area contributed by atoms with Crippen molar-refractivity contribution in [2.45, 2.75) is 25.3 Å². The molecule has 1 fully saturated rings. The fourth-order valence-electron chi connectivity index (χ4n) is 1.20. The van der Waals surface area contributed by atoms with Crippen molar-refractivity contribution in [3.05, 3.63) is 12.7 Å². The Bertz CT molecular complexity index is 198. The minimum absolute atomic E-state index is 0.139. The zero-order chi connectivity index (χ0) is 8.27. The topological polar surface area (TPSA) is 46.2 Å². The van der Waals surface area contributed by atoms with Crippen LogP contribution in [0.15, 0.2) is 12.7 Å². The largest absolute Gasteiger partial charge is 0.343 e. The molecule has 0 aliphatic heterocycles. The molecule has 0 heterocycles. The van der Waals surface area contributed by atoms with Gasteiger partial charge in [-0.15, -0.1) is 0 Å². The van der Waals surface area contributed by atoms with E-state index in [0.29, 0.717) is 6.42 Å². The van der Waals surface area contributed by atoms with Gasteiger partial charge in [0, 0.05) is 6.42 Å². The Morgan fingerprint density at radius 2 is 2.45 bits per heavy atom. The van der Waals surface area contributed by atoms with E-state index in [9.17, 15) is 9.59 Å². The average Bonchev–Trinajstić information content (AvgIpc) is 2.37. The average molecular weight is 153 g/mol. The third kappa shape index (κ3) is 1.90. The molecule has 3 heteroatoms. The van der Waals surface area contributed by atoms with Gasteiger partial charge in [0.05, 0.1) is 6.04 Å². The van der Waals surface area contributed by atoms with Gasteiger partial charge in [-0.2, -0.15) is 0 Å². The summed E-state index contributed by atoms with van der Waals surface area (Å²) in [6.07, 6.45) is 3.45. The molecule has 1 rings (SSSR count). The molecule has 1 aliphatic carbocycles. The first kappa shape index (κ1) is 7.98. The maximum Gasteiger partial charge on any atom is 0.243 e. The van der Waals surface area contributed by atoms with Crippen molar-refractivity contribution in [3.8, 4) is 0 Å². The van der Waals surface area contributed by atoms with E-state index in [1.807, 2.05) is 0 Å². The number of ketones is 1. The van der Waals surface area contributed by atoms with Crippen molar-refractivity contribution < 1.29 is 9.59 Å². The summed E-state index contributed by atoms with van der Waals surface area (Å²) in [6, 6.07) is -0.250. The standard InChI is InChI=1S/C8H11NO2/c1-2-8(11)9-6-4-3-5-7(6)10/h2,6H,1,3-5H2,(H,9,11). The summed E-state index contributed by atoms with van der Waals surface area (Å²) in [5, 5.41) is 2.57. The number of Topliss-reactive ketones (excluding diaryl/α,β-unsaturated/α-hetero) is 1. The van der Waals surface area contributed by atoms with Gasteiger partial charge in [-0.25, -0.2) is 0 Å². The van der Waals surface area contributed by atoms with Crippen LogP contribution in [0.5, 0.6) is 0 Å². The Morgan fingerprint density at radius 1 is 1.73 bits per heavy atom. The quantitative estimate of drug-likeness (QED) is 0.584. The monoisotopic (exact) mass is 153 g/mol. The minimum Gasteiger partial charge on any atom is -0.343 e. The molecule has 0 aromatic heterocycles. The van der Waals surface area contributed by atoms with E-state index < -0.39 is 0 Å². The van der Waals surface area contributed by atoms with Crippen LogP contribution in [0.1, 0.15) is 19.3 Å². The van der Waals surface area contributed by atoms with Crippen molar-refractivity contribution in [2.75, 3.05) is 0 Å². The first-order valence-corrected chi connectivity index (χ1v) is 3.69. The molecule has 1 aliphatic rings. The van der Waals surface area contributed by atoms with Crippen LogP contribution in [0.25, 0.3) is 0 Å². The van der Waals surface area contributed by atoms with E-state index in [2.05, 4.69) is 11.9 Å². The van der Waals surface area contributed by atoms with Crippen molar-refractivity contribution in [1.29, 1.82) is 0 Å². The van der Waals surface area contributed by atoms with Gasteiger partial charge in [-0.05, 0) is 18.9 Å². The van der Waals surface area contributed by atoms with Gasteiger partial charge in [-0.1, -0.05) is 6.58 Å². The molecule has 1 unspecified atom stereocenters. The highest BCUT2D eigenvalue weighted by atomic mass is 16.2. The van der Waals surface area contributed by atoms with Crippen LogP contribution in [-0.4, -0.2) is 17.7 Å². The second kappa shape index (κ2) is 3.32. The molecule has 1 saturated carbocycles. The van der Waals surface area contributed by atoms with E-state index >= 15 is 0 Å². The normalized spacial score (nSPS) is 23.3. The Labute approximate surface area is 65.5 Å². The van der Waals surface area contributed by atoms with Crippen molar-refractivity contribution in [1.82, 2.24) is 5.32 Å². The van der Waals surface area contributed by atoms with Gasteiger partial charge in [0.1, 0.15) is 0 Å². The maximum atomic E-state index is 11.0. The van der Waals surface area contributed by atoms with Gasteiger partial charge >= 0.3 is 0 Å². The van der Waals surface area contributed by atoms with Crippen LogP contribution in [0.4, 0.5) is 0 Å². The number of amides is 1. The summed E-state index contributed by atoms with van der Waals surface area (Å²) in [6.45, 7) is 3.30. The van der Waals surface area contributed by atoms with Crippen LogP contribution in [-0.2, 0) is 9.59 Å². The zero-order valence-electron chi connectivity index (χ0n) is 6.30. The fraction of sp³-hybridized carbons (Fsp3) is 0.500. The molecule has 0 bridgehead atoms. The van der Waals surface area contributed by atoms with Crippen LogP contribution >= 0.6 is 0 Å². The van der Waals surface area contributed by atoms with Gasteiger partial charge in [0.2, 0.25) is 5.91 Å². The van der Waals surface area contributed by atoms with E-state index in [1.54, 1.807) is 0 Å². The van der Waals surface area contributed by atoms with Crippen molar-refractivity contribution >= 4 is 11.7 Å².